The van der Waals surface area contributed by atoms with Gasteiger partial charge in [0.25, 0.3) is 0 Å². The molecule has 0 N–H and O–H groups in total. The van der Waals surface area contributed by atoms with Gasteiger partial charge in [0.05, 0.1) is 5.69 Å². The predicted octanol–water partition coefficient (Wildman–Crippen LogP) is 4.46. The van der Waals surface area contributed by atoms with Crippen LogP contribution in [-0.2, 0) is 17.8 Å². The second-order valence-electron chi connectivity index (χ2n) is 10.6. The molecule has 2 saturated heterocycles. The Morgan fingerprint density at radius 3 is 2.50 bits per heavy atom. The first kappa shape index (κ1) is 24.3. The van der Waals surface area contributed by atoms with Crippen LogP contribution in [0, 0.1) is 5.41 Å². The number of aromatic nitrogens is 5. The van der Waals surface area contributed by atoms with Crippen molar-refractivity contribution in [2.45, 2.75) is 39.7 Å². The Labute approximate surface area is 223 Å². The number of carbonyl (C=O) groups is 1. The summed E-state index contributed by atoms with van der Waals surface area (Å²) in [5.41, 5.74) is 6.50. The van der Waals surface area contributed by atoms with Gasteiger partial charge in [0.1, 0.15) is 11.5 Å². The number of piperidine rings is 1. The molecule has 0 aliphatic carbocycles. The fraction of sp³-hybridized carbons (Fsp3) is 0.367. The number of pyridine rings is 1. The van der Waals surface area contributed by atoms with Crippen LogP contribution in [0.5, 0.6) is 0 Å². The highest BCUT2D eigenvalue weighted by Crippen LogP contribution is 2.41. The van der Waals surface area contributed by atoms with Gasteiger partial charge in [-0.15, -0.1) is 0 Å². The van der Waals surface area contributed by atoms with E-state index in [9.17, 15) is 4.79 Å². The molecule has 2 aliphatic rings. The minimum atomic E-state index is 0.202. The Kier molecular flexibility index (Phi) is 6.39. The third-order valence-electron chi connectivity index (χ3n) is 7.99. The van der Waals surface area contributed by atoms with Gasteiger partial charge in [0.15, 0.2) is 0 Å². The SMILES string of the molecule is CCn1cc(-c2ccnc(Cc3ccc(N4CCC5(CC4)CN(C(C)=O)C5)cc3)n2)c(-c2cccnc2)n1. The first-order chi connectivity index (χ1) is 18.5. The fourth-order valence-corrected chi connectivity index (χ4v) is 5.67. The summed E-state index contributed by atoms with van der Waals surface area (Å²) in [4.78, 5) is 29.8. The van der Waals surface area contributed by atoms with Crippen molar-refractivity contribution in [2.75, 3.05) is 31.1 Å². The molecule has 0 radical (unpaired) electrons. The molecule has 1 spiro atoms. The highest BCUT2D eigenvalue weighted by molar-refractivity contribution is 5.78. The molecule has 6 rings (SSSR count). The van der Waals surface area contributed by atoms with Crippen LogP contribution >= 0.6 is 0 Å². The van der Waals surface area contributed by atoms with Crippen molar-refractivity contribution < 1.29 is 4.79 Å². The fourth-order valence-electron chi connectivity index (χ4n) is 5.67. The molecule has 8 nitrogen and oxygen atoms in total. The maximum atomic E-state index is 11.6. The quantitative estimate of drug-likeness (QED) is 0.383. The number of carbonyl (C=O) groups excluding carboxylic acids is 1. The summed E-state index contributed by atoms with van der Waals surface area (Å²) in [6.07, 6.45) is 10.5. The molecule has 5 heterocycles. The van der Waals surface area contributed by atoms with Crippen molar-refractivity contribution >= 4 is 11.6 Å². The molecule has 0 saturated carbocycles. The van der Waals surface area contributed by atoms with Gasteiger partial charge in [0, 0.05) is 93.1 Å². The van der Waals surface area contributed by atoms with E-state index in [1.54, 1.807) is 13.1 Å². The third-order valence-corrected chi connectivity index (χ3v) is 7.99. The summed E-state index contributed by atoms with van der Waals surface area (Å²) in [6.45, 7) is 8.48. The van der Waals surface area contributed by atoms with Crippen molar-refractivity contribution in [3.05, 3.63) is 78.6 Å². The average Bonchev–Trinajstić information content (AvgIpc) is 3.38. The van der Waals surface area contributed by atoms with Crippen LogP contribution in [0.3, 0.4) is 0 Å². The molecule has 4 aromatic rings. The maximum Gasteiger partial charge on any atom is 0.219 e. The lowest BCUT2D eigenvalue weighted by Gasteiger charge is -2.54. The van der Waals surface area contributed by atoms with Crippen molar-refractivity contribution in [1.29, 1.82) is 0 Å². The van der Waals surface area contributed by atoms with E-state index in [1.807, 2.05) is 46.4 Å². The molecular weight excluding hydrogens is 474 g/mol. The van der Waals surface area contributed by atoms with Crippen LogP contribution in [-0.4, -0.2) is 61.7 Å². The predicted molar refractivity (Wildman–Crippen MR) is 148 cm³/mol. The molecular formula is C30H33N7O. The van der Waals surface area contributed by atoms with Crippen molar-refractivity contribution in [3.63, 3.8) is 0 Å². The summed E-state index contributed by atoms with van der Waals surface area (Å²) in [5.74, 6) is 0.990. The van der Waals surface area contributed by atoms with Crippen LogP contribution < -0.4 is 4.90 Å². The van der Waals surface area contributed by atoms with Gasteiger partial charge in [-0.3, -0.25) is 14.5 Å². The summed E-state index contributed by atoms with van der Waals surface area (Å²) in [7, 11) is 0. The molecule has 1 aromatic carbocycles. The Bertz CT molecular complexity index is 1410. The van der Waals surface area contributed by atoms with Gasteiger partial charge >= 0.3 is 0 Å². The van der Waals surface area contributed by atoms with Crippen LogP contribution in [0.15, 0.2) is 67.3 Å². The van der Waals surface area contributed by atoms with Gasteiger partial charge in [-0.2, -0.15) is 5.10 Å². The highest BCUT2D eigenvalue weighted by Gasteiger charge is 2.45. The standard InChI is InChI=1S/C30H33N7O/c1-3-37-19-26(29(34-37)24-5-4-13-31-18-24)27-10-14-32-28(33-27)17-23-6-8-25(9-7-23)35-15-11-30(12-16-35)20-36(21-30)22(2)38/h4-10,13-14,18-19H,3,11-12,15-17,20-21H2,1-2H3. The minimum absolute atomic E-state index is 0.202. The Morgan fingerprint density at radius 1 is 1.03 bits per heavy atom. The molecule has 3 aromatic heterocycles. The number of hydrogen-bond donors (Lipinski definition) is 0. The first-order valence-electron chi connectivity index (χ1n) is 13.4. The lowest BCUT2D eigenvalue weighted by Crippen LogP contribution is -2.61. The molecule has 38 heavy (non-hydrogen) atoms. The van der Waals surface area contributed by atoms with E-state index >= 15 is 0 Å². The zero-order chi connectivity index (χ0) is 26.1. The molecule has 0 bridgehead atoms. The van der Waals surface area contributed by atoms with E-state index in [-0.39, 0.29) is 5.91 Å². The lowest BCUT2D eigenvalue weighted by molar-refractivity contribution is -0.142. The number of likely N-dealkylation sites (tertiary alicyclic amines) is 1. The smallest absolute Gasteiger partial charge is 0.219 e. The van der Waals surface area contributed by atoms with E-state index in [4.69, 9.17) is 10.1 Å². The number of hydrogen-bond acceptors (Lipinski definition) is 6. The normalized spacial score (nSPS) is 16.5. The molecule has 0 atom stereocenters. The monoisotopic (exact) mass is 507 g/mol. The van der Waals surface area contributed by atoms with Gasteiger partial charge < -0.3 is 9.80 Å². The number of anilines is 1. The number of benzene rings is 1. The first-order valence-corrected chi connectivity index (χ1v) is 13.4. The third kappa shape index (κ3) is 4.78. The summed E-state index contributed by atoms with van der Waals surface area (Å²) >= 11 is 0. The molecule has 8 heteroatoms. The topological polar surface area (TPSA) is 80.0 Å². The number of amides is 1. The Morgan fingerprint density at radius 2 is 1.82 bits per heavy atom. The van der Waals surface area contributed by atoms with Gasteiger partial charge in [-0.25, -0.2) is 9.97 Å². The number of nitrogens with zero attached hydrogens (tertiary/aromatic N) is 7. The summed E-state index contributed by atoms with van der Waals surface area (Å²) in [6, 6.07) is 14.7. The molecule has 2 fully saturated rings. The molecule has 1 amide bonds. The maximum absolute atomic E-state index is 11.6. The van der Waals surface area contributed by atoms with Crippen LogP contribution in [0.25, 0.3) is 22.5 Å². The van der Waals surface area contributed by atoms with E-state index < -0.39 is 0 Å². The van der Waals surface area contributed by atoms with E-state index in [1.165, 1.54) is 11.3 Å². The van der Waals surface area contributed by atoms with Gasteiger partial charge in [-0.05, 0) is 55.7 Å². The zero-order valence-corrected chi connectivity index (χ0v) is 22.0. The summed E-state index contributed by atoms with van der Waals surface area (Å²) in [5, 5.41) is 4.77. The van der Waals surface area contributed by atoms with Gasteiger partial charge in [0.2, 0.25) is 5.91 Å². The van der Waals surface area contributed by atoms with Crippen LogP contribution in [0.1, 0.15) is 38.1 Å². The van der Waals surface area contributed by atoms with Crippen molar-refractivity contribution in [2.24, 2.45) is 5.41 Å². The zero-order valence-electron chi connectivity index (χ0n) is 22.0. The van der Waals surface area contributed by atoms with E-state index in [2.05, 4.69) is 46.1 Å². The number of aryl methyl sites for hydroxylation is 1. The molecule has 194 valence electrons. The largest absolute Gasteiger partial charge is 0.371 e. The average molecular weight is 508 g/mol. The van der Waals surface area contributed by atoms with Crippen molar-refractivity contribution in [3.8, 4) is 22.5 Å². The van der Waals surface area contributed by atoms with E-state index in [0.717, 1.165) is 73.9 Å². The van der Waals surface area contributed by atoms with Crippen LogP contribution in [0.4, 0.5) is 5.69 Å². The molecule has 2 aliphatic heterocycles. The minimum Gasteiger partial charge on any atom is -0.371 e. The second kappa shape index (κ2) is 10.0. The summed E-state index contributed by atoms with van der Waals surface area (Å²) < 4.78 is 1.94. The second-order valence-corrected chi connectivity index (χ2v) is 10.6. The van der Waals surface area contributed by atoms with Crippen molar-refractivity contribution in [1.82, 2.24) is 29.6 Å². The van der Waals surface area contributed by atoms with Gasteiger partial charge in [-0.1, -0.05) is 12.1 Å². The van der Waals surface area contributed by atoms with E-state index in [0.29, 0.717) is 11.8 Å². The molecule has 0 unspecified atom stereocenters. The van der Waals surface area contributed by atoms with Crippen LogP contribution in [0.2, 0.25) is 0 Å². The Hall–Kier alpha value is -4.07. The Balaban J connectivity index is 1.14. The number of rotatable bonds is 6. The lowest BCUT2D eigenvalue weighted by atomic mass is 9.72. The highest BCUT2D eigenvalue weighted by atomic mass is 16.2.